The van der Waals surface area contributed by atoms with Crippen LogP contribution in [0.1, 0.15) is 55.9 Å². The van der Waals surface area contributed by atoms with Crippen LogP contribution in [0, 0.1) is 17.8 Å². The summed E-state index contributed by atoms with van der Waals surface area (Å²) in [6.45, 7) is 2.53. The molecule has 6 rings (SSSR count). The highest BCUT2D eigenvalue weighted by Crippen LogP contribution is 2.58. The summed E-state index contributed by atoms with van der Waals surface area (Å²) in [6.07, 6.45) is 11.5. The Hall–Kier alpha value is -1.82. The highest BCUT2D eigenvalue weighted by molar-refractivity contribution is 6.34. The molecule has 0 aromatic carbocycles. The van der Waals surface area contributed by atoms with Gasteiger partial charge in [0.05, 0.1) is 16.8 Å². The second-order valence-corrected chi connectivity index (χ2v) is 8.81. The normalized spacial score (nSPS) is 32.2. The smallest absolute Gasteiger partial charge is 0.276 e. The molecule has 4 bridgehead atoms. The molecule has 1 amide bonds. The van der Waals surface area contributed by atoms with Gasteiger partial charge in [-0.2, -0.15) is 10.2 Å². The summed E-state index contributed by atoms with van der Waals surface area (Å²) >= 11 is 6.13. The van der Waals surface area contributed by atoms with Crippen LogP contribution in [0.5, 0.6) is 0 Å². The van der Waals surface area contributed by atoms with E-state index >= 15 is 0 Å². The molecule has 138 valence electrons. The number of aromatic nitrogens is 4. The van der Waals surface area contributed by atoms with Crippen molar-refractivity contribution in [3.8, 4) is 0 Å². The molecule has 4 aliphatic rings. The van der Waals surface area contributed by atoms with E-state index in [1.54, 1.807) is 4.68 Å². The molecular weight excluding hydrogens is 350 g/mol. The molecule has 0 radical (unpaired) electrons. The van der Waals surface area contributed by atoms with Crippen LogP contribution >= 0.6 is 11.6 Å². The van der Waals surface area contributed by atoms with Gasteiger partial charge in [0.15, 0.2) is 5.82 Å². The Bertz CT molecular complexity index is 819. The zero-order valence-corrected chi connectivity index (χ0v) is 15.7. The monoisotopic (exact) mass is 373 g/mol. The number of nitrogens with zero attached hydrogens (tertiary/aromatic N) is 4. The molecule has 1 N–H and O–H groups in total. The van der Waals surface area contributed by atoms with Gasteiger partial charge in [-0.05, 0) is 63.2 Å². The Morgan fingerprint density at radius 3 is 2.54 bits per heavy atom. The lowest BCUT2D eigenvalue weighted by molar-refractivity contribution is -0.0492. The quantitative estimate of drug-likeness (QED) is 0.883. The minimum absolute atomic E-state index is 0.167. The van der Waals surface area contributed by atoms with Crippen LogP contribution < -0.4 is 5.32 Å². The van der Waals surface area contributed by atoms with Crippen molar-refractivity contribution in [1.82, 2.24) is 19.6 Å². The molecule has 2 aromatic heterocycles. The van der Waals surface area contributed by atoms with E-state index in [2.05, 4.69) is 15.1 Å². The fraction of sp³-hybridized carbons (Fsp3) is 0.632. The third kappa shape index (κ3) is 2.49. The van der Waals surface area contributed by atoms with Gasteiger partial charge in [0, 0.05) is 18.8 Å². The lowest BCUT2D eigenvalue weighted by Crippen LogP contribution is -2.52. The number of nitrogens with one attached hydrogen (secondary N) is 1. The molecule has 26 heavy (non-hydrogen) atoms. The zero-order chi connectivity index (χ0) is 17.9. The summed E-state index contributed by atoms with van der Waals surface area (Å²) in [5, 5.41) is 12.1. The van der Waals surface area contributed by atoms with E-state index < -0.39 is 0 Å². The van der Waals surface area contributed by atoms with Crippen LogP contribution in [-0.2, 0) is 12.1 Å². The van der Waals surface area contributed by atoms with Crippen LogP contribution in [-0.4, -0.2) is 25.5 Å². The number of hydrogen-bond acceptors (Lipinski definition) is 3. The number of carbonyl (C=O) groups is 1. The minimum atomic E-state index is -0.259. The lowest BCUT2D eigenvalue weighted by atomic mass is 9.53. The van der Waals surface area contributed by atoms with E-state index in [0.717, 1.165) is 17.8 Å². The van der Waals surface area contributed by atoms with Gasteiger partial charge < -0.3 is 5.32 Å². The number of carbonyl (C=O) groups excluding carboxylic acids is 1. The first-order chi connectivity index (χ1) is 12.6. The number of hydrogen-bond donors (Lipinski definition) is 1. The van der Waals surface area contributed by atoms with E-state index in [4.69, 9.17) is 16.7 Å². The Kier molecular flexibility index (Phi) is 3.68. The van der Waals surface area contributed by atoms with Gasteiger partial charge >= 0.3 is 0 Å². The maximum atomic E-state index is 12.6. The van der Waals surface area contributed by atoms with E-state index in [1.165, 1.54) is 44.7 Å². The molecule has 0 spiro atoms. The largest absolute Gasteiger partial charge is 0.304 e. The predicted molar refractivity (Wildman–Crippen MR) is 99.2 cm³/mol. The Morgan fingerprint density at radius 2 is 1.92 bits per heavy atom. The van der Waals surface area contributed by atoms with Crippen molar-refractivity contribution in [2.75, 3.05) is 5.32 Å². The number of halogens is 1. The summed E-state index contributed by atoms with van der Waals surface area (Å²) in [7, 11) is 0. The summed E-state index contributed by atoms with van der Waals surface area (Å²) in [4.78, 5) is 12.6. The topological polar surface area (TPSA) is 64.7 Å². The molecule has 0 unspecified atom stereocenters. The first kappa shape index (κ1) is 16.4. The van der Waals surface area contributed by atoms with Crippen molar-refractivity contribution < 1.29 is 4.79 Å². The van der Waals surface area contributed by atoms with Crippen molar-refractivity contribution in [3.63, 3.8) is 0 Å². The van der Waals surface area contributed by atoms with Gasteiger partial charge in [0.2, 0.25) is 0 Å². The fourth-order valence-electron chi connectivity index (χ4n) is 6.00. The molecule has 2 heterocycles. The predicted octanol–water partition coefficient (Wildman–Crippen LogP) is 3.93. The van der Waals surface area contributed by atoms with E-state index in [1.807, 2.05) is 19.2 Å². The number of anilines is 1. The van der Waals surface area contributed by atoms with Crippen molar-refractivity contribution in [2.24, 2.45) is 17.8 Å². The van der Waals surface area contributed by atoms with Crippen LogP contribution in [0.15, 0.2) is 18.5 Å². The van der Waals surface area contributed by atoms with Gasteiger partial charge in [-0.3, -0.25) is 14.2 Å². The first-order valence-corrected chi connectivity index (χ1v) is 10.0. The van der Waals surface area contributed by atoms with Crippen LogP contribution in [0.4, 0.5) is 5.82 Å². The maximum absolute atomic E-state index is 12.6. The van der Waals surface area contributed by atoms with E-state index in [9.17, 15) is 4.79 Å². The van der Waals surface area contributed by atoms with Gasteiger partial charge in [0.25, 0.3) is 5.91 Å². The number of rotatable bonds is 4. The second kappa shape index (κ2) is 5.84. The molecule has 7 heteroatoms. The standard InChI is InChI=1S/C19H24ClN5O/c1-2-24-17(15(20)11-21-24)18(26)22-16-3-4-25(23-16)19-8-12-5-13(9-19)7-14(6-12)10-19/h3-4,11-14H,2,5-10H2,1H3,(H,22,23,26). The summed E-state index contributed by atoms with van der Waals surface area (Å²) in [5.41, 5.74) is 0.555. The molecule has 2 aromatic rings. The van der Waals surface area contributed by atoms with Crippen molar-refractivity contribution in [2.45, 2.75) is 57.5 Å². The van der Waals surface area contributed by atoms with Crippen molar-refractivity contribution in [1.29, 1.82) is 0 Å². The SMILES string of the molecule is CCn1ncc(Cl)c1C(=O)Nc1ccn(C23CC4CC(CC(C4)C2)C3)n1. The molecule has 0 atom stereocenters. The average molecular weight is 374 g/mol. The third-order valence-electron chi connectivity index (χ3n) is 6.63. The summed E-state index contributed by atoms with van der Waals surface area (Å²) < 4.78 is 3.75. The number of amides is 1. The average Bonchev–Trinajstić information content (AvgIpc) is 3.20. The summed E-state index contributed by atoms with van der Waals surface area (Å²) in [5.74, 6) is 2.92. The van der Waals surface area contributed by atoms with E-state index in [0.29, 0.717) is 23.1 Å². The number of aryl methyl sites for hydroxylation is 1. The van der Waals surface area contributed by atoms with Gasteiger partial charge in [-0.15, -0.1) is 0 Å². The zero-order valence-electron chi connectivity index (χ0n) is 15.0. The molecule has 4 saturated carbocycles. The van der Waals surface area contributed by atoms with Crippen LogP contribution in [0.2, 0.25) is 5.02 Å². The van der Waals surface area contributed by atoms with Crippen LogP contribution in [0.25, 0.3) is 0 Å². The van der Waals surface area contributed by atoms with Gasteiger partial charge in [0.1, 0.15) is 5.69 Å². The van der Waals surface area contributed by atoms with Crippen LogP contribution in [0.3, 0.4) is 0 Å². The fourth-order valence-corrected chi connectivity index (χ4v) is 6.23. The van der Waals surface area contributed by atoms with Crippen molar-refractivity contribution in [3.05, 3.63) is 29.2 Å². The van der Waals surface area contributed by atoms with Gasteiger partial charge in [-0.25, -0.2) is 0 Å². The Labute approximate surface area is 157 Å². The molecule has 4 fully saturated rings. The molecule has 6 nitrogen and oxygen atoms in total. The van der Waals surface area contributed by atoms with Gasteiger partial charge in [-0.1, -0.05) is 11.6 Å². The highest BCUT2D eigenvalue weighted by Gasteiger charge is 2.52. The van der Waals surface area contributed by atoms with E-state index in [-0.39, 0.29) is 11.4 Å². The molecular formula is C19H24ClN5O. The highest BCUT2D eigenvalue weighted by atomic mass is 35.5. The lowest BCUT2D eigenvalue weighted by Gasteiger charge is -2.56. The molecule has 0 saturated heterocycles. The minimum Gasteiger partial charge on any atom is -0.304 e. The maximum Gasteiger partial charge on any atom is 0.276 e. The summed E-state index contributed by atoms with van der Waals surface area (Å²) in [6, 6.07) is 1.90. The first-order valence-electron chi connectivity index (χ1n) is 9.65. The molecule has 4 aliphatic carbocycles. The third-order valence-corrected chi connectivity index (χ3v) is 6.91. The molecule has 0 aliphatic heterocycles. The van der Waals surface area contributed by atoms with Crippen molar-refractivity contribution >= 4 is 23.3 Å². The Balaban J connectivity index is 1.38. The Morgan fingerprint density at radius 1 is 1.27 bits per heavy atom. The second-order valence-electron chi connectivity index (χ2n) is 8.40.